The number of rotatable bonds is 8. The van der Waals surface area contributed by atoms with E-state index in [0.717, 1.165) is 28.3 Å². The topological polar surface area (TPSA) is 80.6 Å². The maximum Gasteiger partial charge on any atom is 0.335 e. The van der Waals surface area contributed by atoms with E-state index in [-0.39, 0.29) is 11.3 Å². The van der Waals surface area contributed by atoms with Crippen LogP contribution >= 0.6 is 0 Å². The summed E-state index contributed by atoms with van der Waals surface area (Å²) in [6, 6.07) is 15.2. The number of amides is 4. The van der Waals surface area contributed by atoms with Crippen LogP contribution in [0.4, 0.5) is 14.9 Å². The Balaban J connectivity index is 1.52. The number of ether oxygens (including phenoxy) is 1. The molecule has 7 nitrogen and oxygen atoms in total. The number of halogens is 1. The second-order valence-electron chi connectivity index (χ2n) is 7.51. The molecule has 172 valence electrons. The summed E-state index contributed by atoms with van der Waals surface area (Å²) in [5.74, 6) is -1.32. The maximum absolute atomic E-state index is 13.3. The van der Waals surface area contributed by atoms with Crippen molar-refractivity contribution >= 4 is 29.6 Å². The van der Waals surface area contributed by atoms with Crippen molar-refractivity contribution in [3.05, 3.63) is 102 Å². The number of imide groups is 2. The van der Waals surface area contributed by atoms with Gasteiger partial charge in [-0.15, -0.1) is 6.58 Å². The Morgan fingerprint density at radius 3 is 2.53 bits per heavy atom. The largest absolute Gasteiger partial charge is 0.491 e. The highest BCUT2D eigenvalue weighted by atomic mass is 19.1. The van der Waals surface area contributed by atoms with Gasteiger partial charge in [0.15, 0.2) is 0 Å². The van der Waals surface area contributed by atoms with E-state index in [1.54, 1.807) is 18.3 Å². The first-order valence-corrected chi connectivity index (χ1v) is 10.6. The van der Waals surface area contributed by atoms with Crippen molar-refractivity contribution < 1.29 is 23.5 Å². The molecule has 1 saturated heterocycles. The number of carbonyl (C=O) groups is 3. The third-order valence-electron chi connectivity index (χ3n) is 5.27. The van der Waals surface area contributed by atoms with Crippen LogP contribution in [0.25, 0.3) is 6.08 Å². The predicted octanol–water partition coefficient (Wildman–Crippen LogP) is 4.10. The van der Waals surface area contributed by atoms with E-state index in [9.17, 15) is 18.8 Å². The molecule has 34 heavy (non-hydrogen) atoms. The van der Waals surface area contributed by atoms with E-state index in [1.807, 2.05) is 34.9 Å². The summed E-state index contributed by atoms with van der Waals surface area (Å²) in [6.07, 6.45) is 5.73. The van der Waals surface area contributed by atoms with E-state index in [2.05, 4.69) is 11.9 Å². The minimum absolute atomic E-state index is 0.157. The molecule has 4 amide bonds. The fourth-order valence-corrected chi connectivity index (χ4v) is 3.61. The highest BCUT2D eigenvalue weighted by molar-refractivity contribution is 6.39. The molecular weight excluding hydrogens is 437 g/mol. The van der Waals surface area contributed by atoms with Gasteiger partial charge >= 0.3 is 6.03 Å². The molecule has 3 aromatic rings. The second-order valence-corrected chi connectivity index (χ2v) is 7.51. The van der Waals surface area contributed by atoms with Crippen LogP contribution in [0.1, 0.15) is 11.3 Å². The van der Waals surface area contributed by atoms with E-state index < -0.39 is 23.7 Å². The minimum atomic E-state index is -0.888. The quantitative estimate of drug-likeness (QED) is 0.312. The lowest BCUT2D eigenvalue weighted by Gasteiger charge is -2.26. The number of urea groups is 1. The number of nitrogens with one attached hydrogen (secondary N) is 1. The van der Waals surface area contributed by atoms with Gasteiger partial charge in [-0.05, 0) is 60.5 Å². The average molecular weight is 459 g/mol. The first kappa shape index (κ1) is 22.7. The standard InChI is InChI=1S/C26H22FN3O4/c1-2-6-18-7-3-4-9-23(18)34-16-15-29-14-5-8-21(29)17-22-24(31)28-26(33)30(25(22)32)20-12-10-19(27)11-13-20/h2-5,7-14,17H,1,6,15-16H2,(H,28,31,33)/b22-17+. The number of barbiturate groups is 1. The number of hydrogen-bond donors (Lipinski definition) is 1. The van der Waals surface area contributed by atoms with Crippen molar-refractivity contribution in [2.24, 2.45) is 0 Å². The molecule has 0 bridgehead atoms. The Morgan fingerprint density at radius 2 is 1.76 bits per heavy atom. The van der Waals surface area contributed by atoms with E-state index in [4.69, 9.17) is 4.74 Å². The van der Waals surface area contributed by atoms with Gasteiger partial charge in [-0.3, -0.25) is 14.9 Å². The molecule has 0 aliphatic carbocycles. The molecule has 1 fully saturated rings. The Bertz CT molecular complexity index is 1280. The van der Waals surface area contributed by atoms with Crippen LogP contribution in [-0.2, 0) is 22.6 Å². The number of allylic oxidation sites excluding steroid dienone is 1. The van der Waals surface area contributed by atoms with Crippen LogP contribution in [0.3, 0.4) is 0 Å². The molecule has 0 unspecified atom stereocenters. The number of carbonyl (C=O) groups excluding carboxylic acids is 3. The van der Waals surface area contributed by atoms with Crippen molar-refractivity contribution in [2.45, 2.75) is 13.0 Å². The lowest BCUT2D eigenvalue weighted by molar-refractivity contribution is -0.122. The first-order chi connectivity index (χ1) is 16.5. The Morgan fingerprint density at radius 1 is 1.00 bits per heavy atom. The lowest BCUT2D eigenvalue weighted by Crippen LogP contribution is -2.54. The molecule has 0 atom stereocenters. The molecule has 1 aromatic heterocycles. The number of nitrogens with zero attached hydrogens (tertiary/aromatic N) is 2. The van der Waals surface area contributed by atoms with Crippen molar-refractivity contribution in [1.82, 2.24) is 9.88 Å². The smallest absolute Gasteiger partial charge is 0.335 e. The number of para-hydroxylation sites is 1. The molecule has 1 aliphatic rings. The van der Waals surface area contributed by atoms with Gasteiger partial charge in [0.2, 0.25) is 0 Å². The van der Waals surface area contributed by atoms with Gasteiger partial charge in [0.1, 0.15) is 23.7 Å². The number of hydrogen-bond acceptors (Lipinski definition) is 4. The number of aromatic nitrogens is 1. The molecule has 0 radical (unpaired) electrons. The summed E-state index contributed by atoms with van der Waals surface area (Å²) < 4.78 is 21.0. The Hall–Kier alpha value is -4.46. The van der Waals surface area contributed by atoms with Crippen LogP contribution in [0, 0.1) is 5.82 Å². The Labute approximate surface area is 195 Å². The van der Waals surface area contributed by atoms with Crippen LogP contribution in [0.2, 0.25) is 0 Å². The zero-order valence-corrected chi connectivity index (χ0v) is 18.2. The highest BCUT2D eigenvalue weighted by Crippen LogP contribution is 2.23. The summed E-state index contributed by atoms with van der Waals surface area (Å²) in [7, 11) is 0. The van der Waals surface area contributed by atoms with Gasteiger partial charge in [-0.1, -0.05) is 24.3 Å². The van der Waals surface area contributed by atoms with E-state index >= 15 is 0 Å². The summed E-state index contributed by atoms with van der Waals surface area (Å²) in [5.41, 5.74) is 1.57. The summed E-state index contributed by atoms with van der Waals surface area (Å²) in [4.78, 5) is 38.5. The highest BCUT2D eigenvalue weighted by Gasteiger charge is 2.37. The van der Waals surface area contributed by atoms with Crippen LogP contribution in [0.15, 0.2) is 85.1 Å². The normalized spacial score (nSPS) is 14.9. The summed E-state index contributed by atoms with van der Waals surface area (Å²) >= 11 is 0. The van der Waals surface area contributed by atoms with Crippen molar-refractivity contribution in [3.63, 3.8) is 0 Å². The molecule has 0 saturated carbocycles. The first-order valence-electron chi connectivity index (χ1n) is 10.6. The lowest BCUT2D eigenvalue weighted by atomic mass is 10.1. The van der Waals surface area contributed by atoms with Crippen LogP contribution in [-0.4, -0.2) is 29.0 Å². The molecule has 1 N–H and O–H groups in total. The van der Waals surface area contributed by atoms with Crippen LogP contribution in [0.5, 0.6) is 5.75 Å². The molecule has 2 heterocycles. The van der Waals surface area contributed by atoms with Gasteiger partial charge < -0.3 is 9.30 Å². The van der Waals surface area contributed by atoms with Gasteiger partial charge in [0.05, 0.1) is 12.2 Å². The van der Waals surface area contributed by atoms with Gasteiger partial charge in [-0.25, -0.2) is 14.1 Å². The van der Waals surface area contributed by atoms with Gasteiger partial charge in [-0.2, -0.15) is 0 Å². The van der Waals surface area contributed by atoms with Gasteiger partial charge in [0, 0.05) is 11.9 Å². The van der Waals surface area contributed by atoms with Crippen molar-refractivity contribution in [3.8, 4) is 5.75 Å². The van der Waals surface area contributed by atoms with Gasteiger partial charge in [0.25, 0.3) is 11.8 Å². The summed E-state index contributed by atoms with van der Waals surface area (Å²) in [5, 5.41) is 2.16. The fourth-order valence-electron chi connectivity index (χ4n) is 3.61. The molecule has 0 spiro atoms. The SMILES string of the molecule is C=CCc1ccccc1OCCn1cccc1/C=C1\C(=O)NC(=O)N(c2ccc(F)cc2)C1=O. The maximum atomic E-state index is 13.3. The zero-order chi connectivity index (χ0) is 24.1. The average Bonchev–Trinajstić information content (AvgIpc) is 3.26. The van der Waals surface area contributed by atoms with Crippen molar-refractivity contribution in [2.75, 3.05) is 11.5 Å². The van der Waals surface area contributed by atoms with Crippen LogP contribution < -0.4 is 15.0 Å². The molecule has 1 aliphatic heterocycles. The fraction of sp³-hybridized carbons (Fsp3) is 0.115. The number of benzene rings is 2. The minimum Gasteiger partial charge on any atom is -0.491 e. The second kappa shape index (κ2) is 9.99. The molecule has 8 heteroatoms. The number of anilines is 1. The van der Waals surface area contributed by atoms with E-state index in [0.29, 0.717) is 25.3 Å². The van der Waals surface area contributed by atoms with Crippen molar-refractivity contribution in [1.29, 1.82) is 0 Å². The third kappa shape index (κ3) is 4.80. The summed E-state index contributed by atoms with van der Waals surface area (Å²) in [6.45, 7) is 4.59. The Kier molecular flexibility index (Phi) is 6.68. The molecule has 4 rings (SSSR count). The predicted molar refractivity (Wildman–Crippen MR) is 126 cm³/mol. The third-order valence-corrected chi connectivity index (χ3v) is 5.27. The zero-order valence-electron chi connectivity index (χ0n) is 18.2. The monoisotopic (exact) mass is 459 g/mol. The van der Waals surface area contributed by atoms with E-state index in [1.165, 1.54) is 18.2 Å². The molecule has 2 aromatic carbocycles. The molecular formula is C26H22FN3O4.